The van der Waals surface area contributed by atoms with E-state index in [1.54, 1.807) is 0 Å². The lowest BCUT2D eigenvalue weighted by atomic mass is 10.1. The van der Waals surface area contributed by atoms with Gasteiger partial charge in [0.25, 0.3) is 0 Å². The molecule has 1 aliphatic rings. The third-order valence-electron chi connectivity index (χ3n) is 4.41. The summed E-state index contributed by atoms with van der Waals surface area (Å²) in [7, 11) is 0. The summed E-state index contributed by atoms with van der Waals surface area (Å²) < 4.78 is 11.4. The molecule has 0 saturated carbocycles. The fourth-order valence-corrected chi connectivity index (χ4v) is 3.56. The molecule has 3 rings (SSSR count). The first kappa shape index (κ1) is 21.4. The number of halogens is 2. The summed E-state index contributed by atoms with van der Waals surface area (Å²) in [4.78, 5) is 2.39. The van der Waals surface area contributed by atoms with Crippen LogP contribution in [0.4, 0.5) is 0 Å². The fraction of sp³-hybridized carbons (Fsp3) is 0.364. The van der Waals surface area contributed by atoms with Gasteiger partial charge in [-0.2, -0.15) is 0 Å². The summed E-state index contributed by atoms with van der Waals surface area (Å²) in [6.07, 6.45) is 1.57. The van der Waals surface area contributed by atoms with Crippen LogP contribution in [-0.2, 0) is 11.2 Å². The van der Waals surface area contributed by atoms with Gasteiger partial charge in [-0.3, -0.25) is 4.90 Å². The summed E-state index contributed by atoms with van der Waals surface area (Å²) in [5.41, 5.74) is 8.06. The minimum absolute atomic E-state index is 0.00898. The Kier molecular flexibility index (Phi) is 8.44. The number of nitrogens with two attached hydrogens (primary N) is 1. The van der Waals surface area contributed by atoms with Gasteiger partial charge in [-0.05, 0) is 48.0 Å². The molecule has 148 valence electrons. The Morgan fingerprint density at radius 2 is 1.93 bits per heavy atom. The lowest BCUT2D eigenvalue weighted by Gasteiger charge is -2.25. The molecule has 1 atom stereocenters. The van der Waals surface area contributed by atoms with Crippen LogP contribution in [0.5, 0.6) is 11.5 Å². The van der Waals surface area contributed by atoms with Gasteiger partial charge >= 0.3 is 0 Å². The first-order chi connectivity index (χ1) is 13.6. The number of morpholine rings is 1. The minimum atomic E-state index is 0.00898. The van der Waals surface area contributed by atoms with E-state index >= 15 is 0 Å². The maximum atomic E-state index is 6.04. The summed E-state index contributed by atoms with van der Waals surface area (Å²) in [5, 5.41) is 0.685. The Morgan fingerprint density at radius 1 is 1.18 bits per heavy atom. The summed E-state index contributed by atoms with van der Waals surface area (Å²) in [6.45, 7) is 4.62. The molecule has 2 N–H and O–H groups in total. The standard InChI is InChI=1S/C22H24ClIN2O2/c23-19-5-7-20(8-6-19)28-21-9-4-17(15-18(21)16-22(24)25)3-1-2-10-26-11-13-27-14-12-26/h4-9,15,22H,2,10-14,16,25H2. The number of rotatable bonds is 6. The maximum Gasteiger partial charge on any atom is 0.130 e. The number of benzene rings is 2. The van der Waals surface area contributed by atoms with E-state index in [1.807, 2.05) is 36.4 Å². The van der Waals surface area contributed by atoms with E-state index in [-0.39, 0.29) is 4.05 Å². The Bertz CT molecular complexity index is 825. The van der Waals surface area contributed by atoms with Crippen LogP contribution in [0.1, 0.15) is 17.5 Å². The van der Waals surface area contributed by atoms with Crippen molar-refractivity contribution in [2.45, 2.75) is 16.9 Å². The van der Waals surface area contributed by atoms with E-state index < -0.39 is 0 Å². The molecule has 6 heteroatoms. The molecule has 0 spiro atoms. The second-order valence-corrected chi connectivity index (χ2v) is 8.64. The molecular weight excluding hydrogens is 487 g/mol. The maximum absolute atomic E-state index is 6.04. The van der Waals surface area contributed by atoms with E-state index in [9.17, 15) is 0 Å². The second kappa shape index (κ2) is 11.0. The SMILES string of the molecule is NC(I)Cc1cc(C#CCCN2CCOCC2)ccc1Oc1ccc(Cl)cc1. The first-order valence-electron chi connectivity index (χ1n) is 9.35. The molecule has 0 bridgehead atoms. The van der Waals surface area contributed by atoms with E-state index in [0.29, 0.717) is 11.4 Å². The monoisotopic (exact) mass is 510 g/mol. The van der Waals surface area contributed by atoms with Crippen LogP contribution >= 0.6 is 34.2 Å². The lowest BCUT2D eigenvalue weighted by Crippen LogP contribution is -2.36. The molecule has 1 saturated heterocycles. The molecular formula is C22H24ClIN2O2. The molecule has 2 aromatic rings. The van der Waals surface area contributed by atoms with Crippen LogP contribution in [0.2, 0.25) is 5.02 Å². The van der Waals surface area contributed by atoms with Crippen LogP contribution < -0.4 is 10.5 Å². The van der Waals surface area contributed by atoms with Gasteiger partial charge in [0, 0.05) is 43.1 Å². The third kappa shape index (κ3) is 6.94. The number of nitrogens with zero attached hydrogens (tertiary/aromatic N) is 1. The van der Waals surface area contributed by atoms with Crippen molar-refractivity contribution in [2.24, 2.45) is 5.73 Å². The highest BCUT2D eigenvalue weighted by Gasteiger charge is 2.10. The zero-order chi connectivity index (χ0) is 19.8. The van der Waals surface area contributed by atoms with Crippen LogP contribution in [0.15, 0.2) is 42.5 Å². The molecule has 0 aromatic heterocycles. The largest absolute Gasteiger partial charge is 0.457 e. The van der Waals surface area contributed by atoms with Crippen molar-refractivity contribution in [3.63, 3.8) is 0 Å². The molecule has 1 aliphatic heterocycles. The van der Waals surface area contributed by atoms with E-state index in [0.717, 1.165) is 61.9 Å². The summed E-state index contributed by atoms with van der Waals surface area (Å²) in [5.74, 6) is 8.10. The molecule has 2 aromatic carbocycles. The predicted molar refractivity (Wildman–Crippen MR) is 122 cm³/mol. The van der Waals surface area contributed by atoms with Gasteiger partial charge in [-0.1, -0.05) is 46.0 Å². The van der Waals surface area contributed by atoms with E-state index in [4.69, 9.17) is 26.8 Å². The molecule has 1 heterocycles. The smallest absolute Gasteiger partial charge is 0.130 e. The second-order valence-electron chi connectivity index (χ2n) is 6.60. The van der Waals surface area contributed by atoms with Gasteiger partial charge in [0.2, 0.25) is 0 Å². The molecule has 28 heavy (non-hydrogen) atoms. The molecule has 1 fully saturated rings. The highest BCUT2D eigenvalue weighted by molar-refractivity contribution is 14.1. The van der Waals surface area contributed by atoms with Crippen molar-refractivity contribution >= 4 is 34.2 Å². The number of alkyl halides is 1. The molecule has 0 aliphatic carbocycles. The van der Waals surface area contributed by atoms with Crippen molar-refractivity contribution in [3.05, 3.63) is 58.6 Å². The van der Waals surface area contributed by atoms with Gasteiger partial charge in [0.15, 0.2) is 0 Å². The first-order valence-corrected chi connectivity index (χ1v) is 11.0. The molecule has 4 nitrogen and oxygen atoms in total. The fourth-order valence-electron chi connectivity index (χ4n) is 2.96. The van der Waals surface area contributed by atoms with Crippen LogP contribution in [0, 0.1) is 11.8 Å². The quantitative estimate of drug-likeness (QED) is 0.270. The van der Waals surface area contributed by atoms with Gasteiger partial charge in [0.05, 0.1) is 17.3 Å². The van der Waals surface area contributed by atoms with Gasteiger partial charge < -0.3 is 15.2 Å². The van der Waals surface area contributed by atoms with Crippen LogP contribution in [-0.4, -0.2) is 41.8 Å². The predicted octanol–water partition coefficient (Wildman–Crippen LogP) is 4.47. The van der Waals surface area contributed by atoms with Crippen LogP contribution in [0.3, 0.4) is 0 Å². The van der Waals surface area contributed by atoms with Crippen molar-refractivity contribution in [1.82, 2.24) is 4.90 Å². The summed E-state index contributed by atoms with van der Waals surface area (Å²) >= 11 is 8.17. The molecule has 0 radical (unpaired) electrons. The number of hydrogen-bond donors (Lipinski definition) is 1. The average molecular weight is 511 g/mol. The third-order valence-corrected chi connectivity index (χ3v) is 5.10. The Hall–Kier alpha value is -1.30. The van der Waals surface area contributed by atoms with Crippen molar-refractivity contribution in [1.29, 1.82) is 0 Å². The molecule has 1 unspecified atom stereocenters. The topological polar surface area (TPSA) is 47.7 Å². The zero-order valence-electron chi connectivity index (χ0n) is 15.7. The molecule has 0 amide bonds. The number of hydrogen-bond acceptors (Lipinski definition) is 4. The van der Waals surface area contributed by atoms with Crippen molar-refractivity contribution in [2.75, 3.05) is 32.8 Å². The van der Waals surface area contributed by atoms with Crippen LogP contribution in [0.25, 0.3) is 0 Å². The van der Waals surface area contributed by atoms with E-state index in [1.165, 1.54) is 0 Å². The van der Waals surface area contributed by atoms with Gasteiger partial charge in [0.1, 0.15) is 11.5 Å². The van der Waals surface area contributed by atoms with Crippen molar-refractivity contribution < 1.29 is 9.47 Å². The Morgan fingerprint density at radius 3 is 2.64 bits per heavy atom. The summed E-state index contributed by atoms with van der Waals surface area (Å²) in [6, 6.07) is 13.4. The Labute approximate surface area is 185 Å². The normalized spacial score (nSPS) is 15.5. The van der Waals surface area contributed by atoms with Gasteiger partial charge in [-0.25, -0.2) is 0 Å². The highest BCUT2D eigenvalue weighted by Crippen LogP contribution is 2.28. The van der Waals surface area contributed by atoms with Gasteiger partial charge in [-0.15, -0.1) is 0 Å². The lowest BCUT2D eigenvalue weighted by molar-refractivity contribution is 0.0390. The Balaban J connectivity index is 1.67. The number of ether oxygens (including phenoxy) is 2. The van der Waals surface area contributed by atoms with E-state index in [2.05, 4.69) is 45.4 Å². The van der Waals surface area contributed by atoms with Crippen molar-refractivity contribution in [3.8, 4) is 23.3 Å². The average Bonchev–Trinajstić information content (AvgIpc) is 2.69. The zero-order valence-corrected chi connectivity index (χ0v) is 18.6. The highest BCUT2D eigenvalue weighted by atomic mass is 127. The minimum Gasteiger partial charge on any atom is -0.457 e.